The number of ether oxygens (including phenoxy) is 3. The van der Waals surface area contributed by atoms with Crippen LogP contribution in [0.2, 0.25) is 0 Å². The van der Waals surface area contributed by atoms with Crippen molar-refractivity contribution < 1.29 is 23.8 Å². The third kappa shape index (κ3) is 4.88. The molecule has 6 nitrogen and oxygen atoms in total. The summed E-state index contributed by atoms with van der Waals surface area (Å²) in [6, 6.07) is 17.4. The smallest absolute Gasteiger partial charge is 0.496 e. The van der Waals surface area contributed by atoms with Gasteiger partial charge in [-0.1, -0.05) is 42.5 Å². The molecule has 1 fully saturated rings. The molecule has 6 heteroatoms. The van der Waals surface area contributed by atoms with E-state index in [0.29, 0.717) is 30.7 Å². The molecule has 0 aliphatic heterocycles. The zero-order valence-electron chi connectivity index (χ0n) is 16.9. The molecule has 1 saturated carbocycles. The number of nitrogens with one attached hydrogen (secondary N) is 1. The van der Waals surface area contributed by atoms with Crippen LogP contribution in [0.1, 0.15) is 41.6 Å². The Morgan fingerprint density at radius 1 is 1.00 bits per heavy atom. The van der Waals surface area contributed by atoms with Gasteiger partial charge in [0, 0.05) is 12.0 Å². The molecule has 0 radical (unpaired) electrons. The summed E-state index contributed by atoms with van der Waals surface area (Å²) in [5.74, 6) is 0.389. The molecule has 0 unspecified atom stereocenters. The van der Waals surface area contributed by atoms with E-state index in [-0.39, 0.29) is 17.4 Å². The highest BCUT2D eigenvalue weighted by molar-refractivity contribution is 5.96. The van der Waals surface area contributed by atoms with Gasteiger partial charge in [-0.05, 0) is 43.4 Å². The Labute approximate surface area is 171 Å². The molecular weight excluding hydrogens is 370 g/mol. The van der Waals surface area contributed by atoms with Crippen LogP contribution in [0.15, 0.2) is 54.6 Å². The van der Waals surface area contributed by atoms with Gasteiger partial charge in [-0.3, -0.25) is 4.79 Å². The summed E-state index contributed by atoms with van der Waals surface area (Å²) in [7, 11) is 2.87. The van der Waals surface area contributed by atoms with Crippen LogP contribution in [0.5, 0.6) is 5.75 Å². The lowest BCUT2D eigenvalue weighted by Gasteiger charge is -2.40. The van der Waals surface area contributed by atoms with Crippen LogP contribution in [-0.4, -0.2) is 38.9 Å². The third-order valence-corrected chi connectivity index (χ3v) is 5.64. The lowest BCUT2D eigenvalue weighted by atomic mass is 9.68. The number of amides is 1. The van der Waals surface area contributed by atoms with Gasteiger partial charge >= 0.3 is 6.16 Å². The van der Waals surface area contributed by atoms with E-state index in [4.69, 9.17) is 9.47 Å². The highest BCUT2D eigenvalue weighted by Crippen LogP contribution is 2.40. The first-order valence-electron chi connectivity index (χ1n) is 9.79. The number of hydrogen-bond acceptors (Lipinski definition) is 5. The van der Waals surface area contributed by atoms with Crippen molar-refractivity contribution >= 4 is 12.1 Å². The van der Waals surface area contributed by atoms with Crippen molar-refractivity contribution in [2.45, 2.75) is 37.2 Å². The van der Waals surface area contributed by atoms with Gasteiger partial charge in [0.05, 0.1) is 19.8 Å². The average molecular weight is 397 g/mol. The maximum Gasteiger partial charge on any atom is 0.508 e. The van der Waals surface area contributed by atoms with Crippen molar-refractivity contribution in [1.29, 1.82) is 0 Å². The molecule has 1 N–H and O–H groups in total. The van der Waals surface area contributed by atoms with Crippen molar-refractivity contribution in [3.63, 3.8) is 0 Å². The van der Waals surface area contributed by atoms with Crippen molar-refractivity contribution in [2.75, 3.05) is 20.8 Å². The summed E-state index contributed by atoms with van der Waals surface area (Å²) in [6.07, 6.45) is 2.22. The van der Waals surface area contributed by atoms with Gasteiger partial charge in [0.1, 0.15) is 11.9 Å². The van der Waals surface area contributed by atoms with Gasteiger partial charge in [-0.2, -0.15) is 0 Å². The summed E-state index contributed by atoms with van der Waals surface area (Å²) in [5.41, 5.74) is 1.48. The van der Waals surface area contributed by atoms with E-state index in [2.05, 4.69) is 22.2 Å². The summed E-state index contributed by atoms with van der Waals surface area (Å²) in [6.45, 7) is 0.499. The fourth-order valence-electron chi connectivity index (χ4n) is 3.98. The minimum atomic E-state index is -0.647. The molecule has 0 heterocycles. The second-order valence-electron chi connectivity index (χ2n) is 7.30. The lowest BCUT2D eigenvalue weighted by Crippen LogP contribution is -2.44. The molecule has 3 rings (SSSR count). The normalized spacial score (nSPS) is 21.1. The highest BCUT2D eigenvalue weighted by atomic mass is 16.7. The number of para-hydroxylation sites is 1. The average Bonchev–Trinajstić information content (AvgIpc) is 2.79. The first kappa shape index (κ1) is 20.7. The van der Waals surface area contributed by atoms with Crippen LogP contribution in [0.4, 0.5) is 4.79 Å². The third-order valence-electron chi connectivity index (χ3n) is 5.64. The Kier molecular flexibility index (Phi) is 6.75. The van der Waals surface area contributed by atoms with E-state index in [1.54, 1.807) is 19.2 Å². The highest BCUT2D eigenvalue weighted by Gasteiger charge is 2.38. The second-order valence-corrected chi connectivity index (χ2v) is 7.30. The zero-order valence-corrected chi connectivity index (χ0v) is 16.9. The maximum absolute atomic E-state index is 12.8. The first-order valence-corrected chi connectivity index (χ1v) is 9.79. The molecule has 0 atom stereocenters. The molecule has 1 aliphatic carbocycles. The predicted octanol–water partition coefficient (Wildman–Crippen LogP) is 4.09. The fraction of sp³-hybridized carbons (Fsp3) is 0.391. The van der Waals surface area contributed by atoms with Crippen LogP contribution < -0.4 is 10.1 Å². The number of methoxy groups -OCH3 is 2. The van der Waals surface area contributed by atoms with Gasteiger partial charge < -0.3 is 19.5 Å². The van der Waals surface area contributed by atoms with Crippen LogP contribution in [0.3, 0.4) is 0 Å². The summed E-state index contributed by atoms with van der Waals surface area (Å²) < 4.78 is 15.2. The topological polar surface area (TPSA) is 73.9 Å². The van der Waals surface area contributed by atoms with Gasteiger partial charge in [-0.15, -0.1) is 0 Å². The quantitative estimate of drug-likeness (QED) is 0.743. The molecule has 29 heavy (non-hydrogen) atoms. The van der Waals surface area contributed by atoms with Crippen molar-refractivity contribution in [3.05, 3.63) is 65.7 Å². The number of benzene rings is 2. The number of carbonyl (C=O) groups excluding carboxylic acids is 2. The lowest BCUT2D eigenvalue weighted by molar-refractivity contribution is 0.0127. The molecular formula is C23H27NO5. The van der Waals surface area contributed by atoms with Crippen LogP contribution in [0.25, 0.3) is 0 Å². The van der Waals surface area contributed by atoms with E-state index >= 15 is 0 Å². The van der Waals surface area contributed by atoms with Gasteiger partial charge in [0.2, 0.25) is 0 Å². The Morgan fingerprint density at radius 2 is 1.66 bits per heavy atom. The number of rotatable bonds is 6. The Hall–Kier alpha value is -3.02. The molecule has 154 valence electrons. The monoisotopic (exact) mass is 397 g/mol. The first-order chi connectivity index (χ1) is 14.1. The summed E-state index contributed by atoms with van der Waals surface area (Å²) in [5, 5.41) is 3.10. The zero-order chi connectivity index (χ0) is 20.7. The minimum Gasteiger partial charge on any atom is -0.496 e. The molecule has 2 aromatic carbocycles. The maximum atomic E-state index is 12.8. The molecule has 0 bridgehead atoms. The standard InChI is InChI=1S/C23H27NO5/c1-27-20-11-7-6-10-19(20)21(25)24-16-23(17-8-4-3-5-9-17)14-12-18(13-15-23)29-22(26)28-2/h3-11,18H,12-16H2,1-2H3,(H,24,25). The van der Waals surface area contributed by atoms with E-state index < -0.39 is 6.16 Å². The largest absolute Gasteiger partial charge is 0.508 e. The van der Waals surface area contributed by atoms with Crippen LogP contribution in [0, 0.1) is 0 Å². The van der Waals surface area contributed by atoms with Crippen molar-refractivity contribution in [2.24, 2.45) is 0 Å². The van der Waals surface area contributed by atoms with Gasteiger partial charge in [-0.25, -0.2) is 4.79 Å². The molecule has 0 spiro atoms. The molecule has 0 aromatic heterocycles. The van der Waals surface area contributed by atoms with Crippen LogP contribution >= 0.6 is 0 Å². The number of hydrogen-bond donors (Lipinski definition) is 1. The Bertz CT molecular complexity index is 828. The molecule has 1 amide bonds. The van der Waals surface area contributed by atoms with Crippen LogP contribution in [-0.2, 0) is 14.9 Å². The fourth-order valence-corrected chi connectivity index (χ4v) is 3.98. The Morgan fingerprint density at radius 3 is 2.31 bits per heavy atom. The second kappa shape index (κ2) is 9.45. The van der Waals surface area contributed by atoms with Crippen molar-refractivity contribution in [1.82, 2.24) is 5.32 Å². The van der Waals surface area contributed by atoms with E-state index in [9.17, 15) is 9.59 Å². The number of carbonyl (C=O) groups is 2. The van der Waals surface area contributed by atoms with Crippen molar-refractivity contribution in [3.8, 4) is 5.75 Å². The van der Waals surface area contributed by atoms with E-state index in [1.165, 1.54) is 12.7 Å². The molecule has 1 aliphatic rings. The Balaban J connectivity index is 1.74. The van der Waals surface area contributed by atoms with Gasteiger partial charge in [0.25, 0.3) is 5.91 Å². The van der Waals surface area contributed by atoms with E-state index in [1.807, 2.05) is 30.3 Å². The minimum absolute atomic E-state index is 0.161. The molecule has 0 saturated heterocycles. The summed E-state index contributed by atoms with van der Waals surface area (Å²) >= 11 is 0. The predicted molar refractivity (Wildman–Crippen MR) is 109 cm³/mol. The van der Waals surface area contributed by atoms with E-state index in [0.717, 1.165) is 12.8 Å². The molecule has 2 aromatic rings. The SMILES string of the molecule is COC(=O)OC1CCC(CNC(=O)c2ccccc2OC)(c2ccccc2)CC1. The summed E-state index contributed by atoms with van der Waals surface area (Å²) in [4.78, 5) is 24.2. The van der Waals surface area contributed by atoms with Gasteiger partial charge in [0.15, 0.2) is 0 Å².